The summed E-state index contributed by atoms with van der Waals surface area (Å²) in [6, 6.07) is 14.8. The number of aromatic nitrogens is 1. The SMILES string of the molecule is Cc1cccnc1NC(=S)NC(C)CC(C)(C)c1ccccc1. The van der Waals surface area contributed by atoms with Gasteiger partial charge in [-0.05, 0) is 55.1 Å². The number of thiocarbonyl (C=S) groups is 1. The number of benzene rings is 1. The van der Waals surface area contributed by atoms with E-state index in [0.717, 1.165) is 17.8 Å². The van der Waals surface area contributed by atoms with Gasteiger partial charge in [0.25, 0.3) is 0 Å². The van der Waals surface area contributed by atoms with Crippen molar-refractivity contribution in [3.8, 4) is 0 Å². The van der Waals surface area contributed by atoms with Gasteiger partial charge in [0, 0.05) is 12.2 Å². The molecular formula is C19H25N3S. The van der Waals surface area contributed by atoms with E-state index in [-0.39, 0.29) is 11.5 Å². The number of rotatable bonds is 5. The van der Waals surface area contributed by atoms with Gasteiger partial charge >= 0.3 is 0 Å². The minimum Gasteiger partial charge on any atom is -0.360 e. The first-order valence-electron chi connectivity index (χ1n) is 7.93. The fraction of sp³-hybridized carbons (Fsp3) is 0.368. The zero-order chi connectivity index (χ0) is 16.9. The second kappa shape index (κ2) is 7.55. The number of nitrogens with zero attached hydrogens (tertiary/aromatic N) is 1. The second-order valence-corrected chi connectivity index (χ2v) is 7.03. The third kappa shape index (κ3) is 5.03. The van der Waals surface area contributed by atoms with E-state index in [0.29, 0.717) is 5.11 Å². The molecule has 1 atom stereocenters. The third-order valence-corrected chi connectivity index (χ3v) is 4.21. The Morgan fingerprint density at radius 1 is 1.17 bits per heavy atom. The summed E-state index contributed by atoms with van der Waals surface area (Å²) in [5.41, 5.74) is 2.51. The fourth-order valence-corrected chi connectivity index (χ4v) is 3.11. The average molecular weight is 327 g/mol. The molecule has 0 fully saturated rings. The van der Waals surface area contributed by atoms with Crippen LogP contribution in [-0.2, 0) is 5.41 Å². The summed E-state index contributed by atoms with van der Waals surface area (Å²) in [6.07, 6.45) is 2.75. The van der Waals surface area contributed by atoms with E-state index < -0.39 is 0 Å². The number of pyridine rings is 1. The lowest BCUT2D eigenvalue weighted by Gasteiger charge is -2.29. The van der Waals surface area contributed by atoms with Gasteiger partial charge in [0.2, 0.25) is 0 Å². The predicted octanol–water partition coefficient (Wildman–Crippen LogP) is 4.43. The van der Waals surface area contributed by atoms with Gasteiger partial charge in [-0.25, -0.2) is 4.98 Å². The smallest absolute Gasteiger partial charge is 0.172 e. The van der Waals surface area contributed by atoms with Crippen molar-refractivity contribution >= 4 is 23.1 Å². The molecule has 23 heavy (non-hydrogen) atoms. The van der Waals surface area contributed by atoms with Crippen molar-refractivity contribution < 1.29 is 0 Å². The van der Waals surface area contributed by atoms with Crippen LogP contribution in [0.15, 0.2) is 48.7 Å². The molecule has 0 bridgehead atoms. The molecule has 0 aliphatic rings. The molecule has 2 N–H and O–H groups in total. The lowest BCUT2D eigenvalue weighted by Crippen LogP contribution is -2.39. The van der Waals surface area contributed by atoms with Crippen LogP contribution in [0, 0.1) is 6.92 Å². The van der Waals surface area contributed by atoms with Gasteiger partial charge in [-0.1, -0.05) is 50.2 Å². The molecule has 1 aromatic heterocycles. The second-order valence-electron chi connectivity index (χ2n) is 6.62. The van der Waals surface area contributed by atoms with Gasteiger partial charge < -0.3 is 10.6 Å². The maximum Gasteiger partial charge on any atom is 0.172 e. The molecular weight excluding hydrogens is 302 g/mol. The van der Waals surface area contributed by atoms with Crippen molar-refractivity contribution in [2.45, 2.75) is 45.6 Å². The average Bonchev–Trinajstić information content (AvgIpc) is 2.50. The van der Waals surface area contributed by atoms with Crippen molar-refractivity contribution in [1.29, 1.82) is 0 Å². The number of aryl methyl sites for hydroxylation is 1. The minimum absolute atomic E-state index is 0.0875. The fourth-order valence-electron chi connectivity index (χ4n) is 2.81. The molecule has 0 aliphatic carbocycles. The molecule has 0 amide bonds. The van der Waals surface area contributed by atoms with Gasteiger partial charge in [-0.15, -0.1) is 0 Å². The van der Waals surface area contributed by atoms with E-state index in [1.807, 2.05) is 19.1 Å². The van der Waals surface area contributed by atoms with Crippen LogP contribution in [0.2, 0.25) is 0 Å². The van der Waals surface area contributed by atoms with Crippen LogP contribution in [0.5, 0.6) is 0 Å². The first-order chi connectivity index (χ1) is 10.9. The van der Waals surface area contributed by atoms with Gasteiger partial charge in [-0.2, -0.15) is 0 Å². The van der Waals surface area contributed by atoms with Crippen LogP contribution in [0.4, 0.5) is 5.82 Å². The Bertz CT molecular complexity index is 653. The summed E-state index contributed by atoms with van der Waals surface area (Å²) in [5, 5.41) is 7.15. The molecule has 3 nitrogen and oxygen atoms in total. The Balaban J connectivity index is 1.93. The van der Waals surface area contributed by atoms with Crippen molar-refractivity contribution in [2.24, 2.45) is 0 Å². The van der Waals surface area contributed by atoms with Crippen LogP contribution >= 0.6 is 12.2 Å². The molecule has 0 radical (unpaired) electrons. The topological polar surface area (TPSA) is 37.0 Å². The summed E-state index contributed by atoms with van der Waals surface area (Å²) < 4.78 is 0. The summed E-state index contributed by atoms with van der Waals surface area (Å²) in [5.74, 6) is 0.805. The van der Waals surface area contributed by atoms with Crippen molar-refractivity contribution in [3.63, 3.8) is 0 Å². The molecule has 0 saturated carbocycles. The molecule has 122 valence electrons. The first-order valence-corrected chi connectivity index (χ1v) is 8.34. The van der Waals surface area contributed by atoms with Crippen molar-refractivity contribution in [2.75, 3.05) is 5.32 Å². The lowest BCUT2D eigenvalue weighted by molar-refractivity contribution is 0.420. The monoisotopic (exact) mass is 327 g/mol. The largest absolute Gasteiger partial charge is 0.360 e. The molecule has 0 aliphatic heterocycles. The standard InChI is InChI=1S/C19H25N3S/c1-14-9-8-12-20-17(14)22-18(23)21-15(2)13-19(3,4)16-10-6-5-7-11-16/h5-12,15H,13H2,1-4H3,(H2,20,21,22,23). The highest BCUT2D eigenvalue weighted by atomic mass is 32.1. The number of hydrogen-bond acceptors (Lipinski definition) is 2. The summed E-state index contributed by atoms with van der Waals surface area (Å²) in [4.78, 5) is 4.31. The zero-order valence-electron chi connectivity index (χ0n) is 14.3. The van der Waals surface area contributed by atoms with E-state index in [1.165, 1.54) is 5.56 Å². The van der Waals surface area contributed by atoms with E-state index in [2.05, 4.69) is 66.7 Å². The molecule has 1 heterocycles. The highest BCUT2D eigenvalue weighted by molar-refractivity contribution is 7.80. The van der Waals surface area contributed by atoms with Crippen molar-refractivity contribution in [1.82, 2.24) is 10.3 Å². The van der Waals surface area contributed by atoms with Crippen molar-refractivity contribution in [3.05, 3.63) is 59.8 Å². The molecule has 0 saturated heterocycles. The normalized spacial score (nSPS) is 12.5. The van der Waals surface area contributed by atoms with Crippen LogP contribution in [0.25, 0.3) is 0 Å². The van der Waals surface area contributed by atoms with Crippen LogP contribution < -0.4 is 10.6 Å². The summed E-state index contributed by atoms with van der Waals surface area (Å²) >= 11 is 5.42. The number of anilines is 1. The van der Waals surface area contributed by atoms with E-state index in [9.17, 15) is 0 Å². The highest BCUT2D eigenvalue weighted by Crippen LogP contribution is 2.28. The Labute approximate surface area is 144 Å². The highest BCUT2D eigenvalue weighted by Gasteiger charge is 2.23. The van der Waals surface area contributed by atoms with Crippen LogP contribution in [-0.4, -0.2) is 16.1 Å². The molecule has 0 spiro atoms. The lowest BCUT2D eigenvalue weighted by atomic mass is 9.79. The Morgan fingerprint density at radius 2 is 1.87 bits per heavy atom. The summed E-state index contributed by atoms with van der Waals surface area (Å²) in [6.45, 7) is 8.70. The molecule has 1 aromatic carbocycles. The quantitative estimate of drug-likeness (QED) is 0.797. The molecule has 2 rings (SSSR count). The number of hydrogen-bond donors (Lipinski definition) is 2. The van der Waals surface area contributed by atoms with E-state index in [1.54, 1.807) is 6.20 Å². The van der Waals surface area contributed by atoms with Crippen LogP contribution in [0.1, 0.15) is 38.3 Å². The maximum absolute atomic E-state index is 5.42. The summed E-state index contributed by atoms with van der Waals surface area (Å²) in [7, 11) is 0. The Kier molecular flexibility index (Phi) is 5.72. The molecule has 1 unspecified atom stereocenters. The third-order valence-electron chi connectivity index (χ3n) is 3.99. The van der Waals surface area contributed by atoms with Gasteiger partial charge in [0.15, 0.2) is 5.11 Å². The van der Waals surface area contributed by atoms with E-state index in [4.69, 9.17) is 12.2 Å². The van der Waals surface area contributed by atoms with Gasteiger partial charge in [-0.3, -0.25) is 0 Å². The van der Waals surface area contributed by atoms with E-state index >= 15 is 0 Å². The van der Waals surface area contributed by atoms with Gasteiger partial charge in [0.1, 0.15) is 5.82 Å². The first kappa shape index (κ1) is 17.4. The Hall–Kier alpha value is -1.94. The Morgan fingerprint density at radius 3 is 2.52 bits per heavy atom. The molecule has 2 aromatic rings. The molecule has 4 heteroatoms. The number of nitrogens with one attached hydrogen (secondary N) is 2. The van der Waals surface area contributed by atoms with Gasteiger partial charge in [0.05, 0.1) is 0 Å². The maximum atomic E-state index is 5.42. The minimum atomic E-state index is 0.0875. The van der Waals surface area contributed by atoms with Crippen LogP contribution in [0.3, 0.4) is 0 Å². The predicted molar refractivity (Wildman–Crippen MR) is 102 cm³/mol. The zero-order valence-corrected chi connectivity index (χ0v) is 15.1.